The molecule has 0 spiro atoms. The lowest BCUT2D eigenvalue weighted by Crippen LogP contribution is -2.06. The molecule has 0 bridgehead atoms. The van der Waals surface area contributed by atoms with E-state index >= 15 is 0 Å². The van der Waals surface area contributed by atoms with Crippen molar-refractivity contribution in [1.82, 2.24) is 15.0 Å². The average molecular weight is 239 g/mol. The normalized spacial score (nSPS) is 11.6. The minimum Gasteiger partial charge on any atom is -0.282 e. The molecule has 0 atom stereocenters. The highest BCUT2D eigenvalue weighted by atomic mass is 32.2. The summed E-state index contributed by atoms with van der Waals surface area (Å²) < 4.78 is 32.7. The van der Waals surface area contributed by atoms with Gasteiger partial charge in [0.15, 0.2) is 0 Å². The first-order valence-electron chi connectivity index (χ1n) is 4.43. The lowest BCUT2D eigenvalue weighted by molar-refractivity contribution is 0.482. The number of rotatable bonds is 2. The Hall–Kier alpha value is -1.73. The minimum atomic E-state index is -4.26. The Balaban J connectivity index is 2.73. The highest BCUT2D eigenvalue weighted by Gasteiger charge is 2.16. The molecule has 0 aliphatic rings. The van der Waals surface area contributed by atoms with Crippen LogP contribution in [0.4, 0.5) is 0 Å². The number of hydrogen-bond donors (Lipinski definition) is 1. The smallest absolute Gasteiger partial charge is 0.282 e. The van der Waals surface area contributed by atoms with Crippen molar-refractivity contribution in [1.29, 1.82) is 0 Å². The fourth-order valence-corrected chi connectivity index (χ4v) is 2.02. The van der Waals surface area contributed by atoms with Crippen LogP contribution in [-0.2, 0) is 10.1 Å². The lowest BCUT2D eigenvalue weighted by Gasteiger charge is -2.07. The summed E-state index contributed by atoms with van der Waals surface area (Å²) in [5.74, 6) is 0. The predicted molar refractivity (Wildman–Crippen MR) is 55.9 cm³/mol. The molecule has 2 rings (SSSR count). The topological polar surface area (TPSA) is 85.1 Å². The van der Waals surface area contributed by atoms with Gasteiger partial charge in [0.2, 0.25) is 0 Å². The average Bonchev–Trinajstić information content (AvgIpc) is 2.68. The second-order valence-corrected chi connectivity index (χ2v) is 4.68. The third-order valence-corrected chi connectivity index (χ3v) is 2.96. The first-order chi connectivity index (χ1) is 7.48. The predicted octanol–water partition coefficient (Wildman–Crippen LogP) is 0.822. The highest BCUT2D eigenvalue weighted by Crippen LogP contribution is 2.20. The molecule has 0 radical (unpaired) electrons. The summed E-state index contributed by atoms with van der Waals surface area (Å²) in [5, 5.41) is 7.28. The number of benzene rings is 1. The summed E-state index contributed by atoms with van der Waals surface area (Å²) in [6, 6.07) is 4.54. The molecule has 0 unspecified atom stereocenters. The van der Waals surface area contributed by atoms with Crippen molar-refractivity contribution in [3.8, 4) is 5.69 Å². The molecule has 1 aromatic heterocycles. The summed E-state index contributed by atoms with van der Waals surface area (Å²) in [4.78, 5) is -0.191. The van der Waals surface area contributed by atoms with Crippen LogP contribution in [0.5, 0.6) is 0 Å². The van der Waals surface area contributed by atoms with Crippen molar-refractivity contribution < 1.29 is 13.0 Å². The Morgan fingerprint density at radius 1 is 1.38 bits per heavy atom. The van der Waals surface area contributed by atoms with Crippen molar-refractivity contribution in [2.24, 2.45) is 0 Å². The Bertz CT molecular complexity index is 605. The first kappa shape index (κ1) is 10.8. The van der Waals surface area contributed by atoms with Crippen LogP contribution in [0.3, 0.4) is 0 Å². The number of hydrogen-bond acceptors (Lipinski definition) is 4. The SMILES string of the molecule is Cc1ccc(S(=O)(=O)O)c(-n2ccnn2)c1. The summed E-state index contributed by atoms with van der Waals surface area (Å²) in [6.07, 6.45) is 2.93. The molecule has 0 aliphatic heterocycles. The van der Waals surface area contributed by atoms with Gasteiger partial charge in [-0.3, -0.25) is 4.55 Å². The second kappa shape index (κ2) is 3.69. The number of aryl methyl sites for hydroxylation is 1. The maximum absolute atomic E-state index is 11.2. The van der Waals surface area contributed by atoms with Gasteiger partial charge in [-0.1, -0.05) is 11.3 Å². The van der Waals surface area contributed by atoms with Gasteiger partial charge in [-0.25, -0.2) is 4.68 Å². The summed E-state index contributed by atoms with van der Waals surface area (Å²) in [5.41, 5.74) is 1.14. The standard InChI is InChI=1S/C9H9N3O3S/c1-7-2-3-9(16(13,14)15)8(6-7)12-5-4-10-11-12/h2-6H,1H3,(H,13,14,15). The van der Waals surface area contributed by atoms with Crippen LogP contribution in [0.25, 0.3) is 5.69 Å². The number of nitrogens with zero attached hydrogens (tertiary/aromatic N) is 3. The lowest BCUT2D eigenvalue weighted by atomic mass is 10.2. The van der Waals surface area contributed by atoms with Gasteiger partial charge in [0.05, 0.1) is 18.1 Å². The van der Waals surface area contributed by atoms with E-state index in [9.17, 15) is 8.42 Å². The van der Waals surface area contributed by atoms with Crippen LogP contribution in [0.2, 0.25) is 0 Å². The first-order valence-corrected chi connectivity index (χ1v) is 5.87. The fraction of sp³-hybridized carbons (Fsp3) is 0.111. The van der Waals surface area contributed by atoms with Gasteiger partial charge in [-0.15, -0.1) is 5.10 Å². The van der Waals surface area contributed by atoms with Crippen LogP contribution >= 0.6 is 0 Å². The summed E-state index contributed by atoms with van der Waals surface area (Å²) in [6.45, 7) is 1.81. The fourth-order valence-electron chi connectivity index (χ4n) is 1.36. The quantitative estimate of drug-likeness (QED) is 0.784. The highest BCUT2D eigenvalue weighted by molar-refractivity contribution is 7.86. The molecule has 6 nitrogen and oxygen atoms in total. The molecule has 2 aromatic rings. The van der Waals surface area contributed by atoms with Gasteiger partial charge in [-0.2, -0.15) is 8.42 Å². The van der Waals surface area contributed by atoms with E-state index in [-0.39, 0.29) is 10.6 Å². The Labute approximate surface area is 92.3 Å². The largest absolute Gasteiger partial charge is 0.296 e. The molecule has 16 heavy (non-hydrogen) atoms. The second-order valence-electron chi connectivity index (χ2n) is 3.29. The molecule has 0 aliphatic carbocycles. The van der Waals surface area contributed by atoms with E-state index in [1.54, 1.807) is 12.1 Å². The van der Waals surface area contributed by atoms with Gasteiger partial charge in [0.25, 0.3) is 10.1 Å². The van der Waals surface area contributed by atoms with Crippen molar-refractivity contribution in [2.45, 2.75) is 11.8 Å². The van der Waals surface area contributed by atoms with E-state index < -0.39 is 10.1 Å². The molecule has 1 N–H and O–H groups in total. The molecule has 0 saturated carbocycles. The van der Waals surface area contributed by atoms with Crippen molar-refractivity contribution in [3.63, 3.8) is 0 Å². The van der Waals surface area contributed by atoms with Gasteiger partial charge in [-0.05, 0) is 24.6 Å². The summed E-state index contributed by atoms with van der Waals surface area (Å²) >= 11 is 0. The molecule has 0 fully saturated rings. The Morgan fingerprint density at radius 2 is 2.12 bits per heavy atom. The molecule has 7 heteroatoms. The van der Waals surface area contributed by atoms with Crippen molar-refractivity contribution >= 4 is 10.1 Å². The molecule has 0 amide bonds. The molecule has 0 saturated heterocycles. The van der Waals surface area contributed by atoms with E-state index in [1.807, 2.05) is 6.92 Å². The third-order valence-electron chi connectivity index (χ3n) is 2.06. The molecule has 1 heterocycles. The zero-order chi connectivity index (χ0) is 11.8. The molecule has 84 valence electrons. The Kier molecular flexibility index (Phi) is 2.49. The van der Waals surface area contributed by atoms with Gasteiger partial charge in [0.1, 0.15) is 4.90 Å². The maximum Gasteiger partial charge on any atom is 0.296 e. The van der Waals surface area contributed by atoms with E-state index in [0.717, 1.165) is 5.56 Å². The monoisotopic (exact) mass is 239 g/mol. The van der Waals surface area contributed by atoms with E-state index in [2.05, 4.69) is 10.3 Å². The van der Waals surface area contributed by atoms with Crippen molar-refractivity contribution in [3.05, 3.63) is 36.2 Å². The molecule has 1 aromatic carbocycles. The van der Waals surface area contributed by atoms with Gasteiger partial charge in [0, 0.05) is 0 Å². The van der Waals surface area contributed by atoms with Crippen molar-refractivity contribution in [2.75, 3.05) is 0 Å². The van der Waals surface area contributed by atoms with Crippen LogP contribution in [0, 0.1) is 6.92 Å². The van der Waals surface area contributed by atoms with Crippen LogP contribution in [0.1, 0.15) is 5.56 Å². The molecular formula is C9H9N3O3S. The van der Waals surface area contributed by atoms with Crippen LogP contribution < -0.4 is 0 Å². The third kappa shape index (κ3) is 1.95. The Morgan fingerprint density at radius 3 is 2.69 bits per heavy atom. The van der Waals surface area contributed by atoms with Crippen LogP contribution in [-0.4, -0.2) is 28.0 Å². The molecular weight excluding hydrogens is 230 g/mol. The zero-order valence-electron chi connectivity index (χ0n) is 8.40. The van der Waals surface area contributed by atoms with E-state index in [4.69, 9.17) is 4.55 Å². The summed E-state index contributed by atoms with van der Waals surface area (Å²) in [7, 11) is -4.26. The van der Waals surface area contributed by atoms with Gasteiger partial charge < -0.3 is 0 Å². The maximum atomic E-state index is 11.2. The van der Waals surface area contributed by atoms with E-state index in [0.29, 0.717) is 0 Å². The van der Waals surface area contributed by atoms with Crippen LogP contribution in [0.15, 0.2) is 35.5 Å². The van der Waals surface area contributed by atoms with Gasteiger partial charge >= 0.3 is 0 Å². The number of aromatic nitrogens is 3. The minimum absolute atomic E-state index is 0.191. The zero-order valence-corrected chi connectivity index (χ0v) is 9.22. The van der Waals surface area contributed by atoms with E-state index in [1.165, 1.54) is 23.1 Å².